The monoisotopic (exact) mass is 687 g/mol. The predicted octanol–water partition coefficient (Wildman–Crippen LogP) is 6.10. The number of carbonyl (C=O) groups excluding carboxylic acids is 1. The van der Waals surface area contributed by atoms with Crippen LogP contribution in [-0.4, -0.2) is 73.3 Å². The van der Waals surface area contributed by atoms with Crippen molar-refractivity contribution in [2.75, 3.05) is 18.1 Å². The second-order valence-corrected chi connectivity index (χ2v) is 18.9. The summed E-state index contributed by atoms with van der Waals surface area (Å²) in [5, 5.41) is 1.89. The summed E-state index contributed by atoms with van der Waals surface area (Å²) in [5.41, 5.74) is -2.21. The van der Waals surface area contributed by atoms with Crippen LogP contribution in [0, 0.1) is 0 Å². The number of amides is 1. The van der Waals surface area contributed by atoms with Crippen molar-refractivity contribution in [1.82, 2.24) is 9.97 Å². The molecule has 48 heavy (non-hydrogen) atoms. The van der Waals surface area contributed by atoms with Crippen LogP contribution in [0.4, 0.5) is 23.8 Å². The summed E-state index contributed by atoms with van der Waals surface area (Å²) in [5.74, 6) is -1.45. The second kappa shape index (κ2) is 13.2. The lowest BCUT2D eigenvalue weighted by Crippen LogP contribution is -2.68. The summed E-state index contributed by atoms with van der Waals surface area (Å²) in [6, 6.07) is 19.4. The Labute approximate surface area is 280 Å². The molecule has 2 aliphatic heterocycles. The number of benzene rings is 2. The average Bonchev–Trinajstić information content (AvgIpc) is 3.33. The molecule has 2 aromatic carbocycles. The molecule has 0 bridgehead atoms. The van der Waals surface area contributed by atoms with E-state index >= 15 is 0 Å². The Hall–Kier alpha value is -3.36. The molecule has 9 nitrogen and oxygen atoms in total. The normalized spacial score (nSPS) is 23.0. The number of rotatable bonds is 7. The number of carbonyl (C=O) groups is 1. The number of halogens is 3. The molecule has 0 spiro atoms. The van der Waals surface area contributed by atoms with Gasteiger partial charge in [-0.3, -0.25) is 9.88 Å². The van der Waals surface area contributed by atoms with E-state index in [4.69, 9.17) is 23.4 Å². The molecule has 0 unspecified atom stereocenters. The van der Waals surface area contributed by atoms with E-state index in [0.29, 0.717) is 6.20 Å². The summed E-state index contributed by atoms with van der Waals surface area (Å²) in [6.07, 6.45) is -6.22. The minimum Gasteiger partial charge on any atom is -0.443 e. The lowest BCUT2D eigenvalue weighted by molar-refractivity contribution is -0.156. The zero-order chi connectivity index (χ0) is 35.1. The van der Waals surface area contributed by atoms with Gasteiger partial charge in [-0.05, 0) is 50.0 Å². The van der Waals surface area contributed by atoms with E-state index in [-0.39, 0.29) is 24.1 Å². The molecule has 1 aromatic heterocycles. The number of ether oxygens (including phenoxy) is 4. The van der Waals surface area contributed by atoms with E-state index in [1.807, 2.05) is 36.4 Å². The minimum atomic E-state index is -4.79. The molecule has 13 heteroatoms. The lowest BCUT2D eigenvalue weighted by atomic mass is 9.97. The molecule has 3 heterocycles. The molecule has 0 N–H and O–H groups in total. The summed E-state index contributed by atoms with van der Waals surface area (Å²) in [4.78, 5) is 22.3. The van der Waals surface area contributed by atoms with Crippen LogP contribution >= 0.6 is 0 Å². The number of hydrogen-bond donors (Lipinski definition) is 0. The standard InChI is InChI=1S/C35H44F3N3O6Si/c1-32(2,3)47-31(42)41(28-20-39-19-27(40-28)35(36,37)38)25-21-43-26(30-29(25)45-34(7,8)46-30)22-44-48(33(4,5)6,23-15-11-9-12-16-23)24-17-13-10-14-18-24/h9-20,25-26,29-30H,21-22H2,1-8H3/t25-,26+,29+,30-/m0/s1. The fraction of sp³-hybridized carbons (Fsp3) is 0.514. The predicted molar refractivity (Wildman–Crippen MR) is 177 cm³/mol. The molecular formula is C35H44F3N3O6Si. The topological polar surface area (TPSA) is 92.2 Å². The highest BCUT2D eigenvalue weighted by molar-refractivity contribution is 6.99. The Kier molecular flexibility index (Phi) is 9.85. The van der Waals surface area contributed by atoms with E-state index < -0.39 is 62.0 Å². The number of hydrogen-bond acceptors (Lipinski definition) is 8. The maximum atomic E-state index is 13.7. The highest BCUT2D eigenvalue weighted by Gasteiger charge is 2.57. The number of nitrogens with zero attached hydrogens (tertiary/aromatic N) is 3. The zero-order valence-electron chi connectivity index (χ0n) is 28.6. The third kappa shape index (κ3) is 7.45. The van der Waals surface area contributed by atoms with Crippen LogP contribution in [0.25, 0.3) is 0 Å². The van der Waals surface area contributed by atoms with Gasteiger partial charge in [0.1, 0.15) is 23.9 Å². The number of alkyl halides is 3. The SMILES string of the molecule is CC(C)(C)OC(=O)N(c1cncc(C(F)(F)F)n1)[C@H]1CO[C@H](CO[Si](c2ccccc2)(c2ccccc2)C(C)(C)C)[C@@H]2OC(C)(C)O[C@@H]21. The lowest BCUT2D eigenvalue weighted by Gasteiger charge is -2.46. The maximum absolute atomic E-state index is 13.7. The Morgan fingerprint density at radius 3 is 2.00 bits per heavy atom. The molecular weight excluding hydrogens is 643 g/mol. The van der Waals surface area contributed by atoms with Crippen molar-refractivity contribution < 1.29 is 41.3 Å². The first kappa shape index (κ1) is 35.9. The zero-order valence-corrected chi connectivity index (χ0v) is 29.6. The summed E-state index contributed by atoms with van der Waals surface area (Å²) in [6.45, 7) is 15.0. The molecule has 260 valence electrons. The van der Waals surface area contributed by atoms with Gasteiger partial charge in [0, 0.05) is 0 Å². The Balaban J connectivity index is 1.52. The summed E-state index contributed by atoms with van der Waals surface area (Å²) < 4.78 is 73.1. The Morgan fingerprint density at radius 1 is 0.917 bits per heavy atom. The summed E-state index contributed by atoms with van der Waals surface area (Å²) >= 11 is 0. The quantitative estimate of drug-likeness (QED) is 0.275. The Morgan fingerprint density at radius 2 is 1.48 bits per heavy atom. The molecule has 0 radical (unpaired) electrons. The van der Waals surface area contributed by atoms with Gasteiger partial charge < -0.3 is 23.4 Å². The van der Waals surface area contributed by atoms with Crippen LogP contribution in [0.1, 0.15) is 61.1 Å². The van der Waals surface area contributed by atoms with Gasteiger partial charge in [0.25, 0.3) is 8.32 Å². The van der Waals surface area contributed by atoms with Crippen molar-refractivity contribution in [3.8, 4) is 0 Å². The van der Waals surface area contributed by atoms with Crippen molar-refractivity contribution in [3.63, 3.8) is 0 Å². The van der Waals surface area contributed by atoms with E-state index in [0.717, 1.165) is 21.5 Å². The van der Waals surface area contributed by atoms with Crippen LogP contribution < -0.4 is 15.3 Å². The van der Waals surface area contributed by atoms with Gasteiger partial charge in [0.05, 0.1) is 31.6 Å². The highest BCUT2D eigenvalue weighted by atomic mass is 28.4. The molecule has 3 aromatic rings. The van der Waals surface area contributed by atoms with Gasteiger partial charge in [-0.25, -0.2) is 9.78 Å². The van der Waals surface area contributed by atoms with Gasteiger partial charge >= 0.3 is 12.3 Å². The highest BCUT2D eigenvalue weighted by Crippen LogP contribution is 2.41. The average molecular weight is 688 g/mol. The molecule has 1 amide bonds. The molecule has 2 saturated heterocycles. The fourth-order valence-corrected chi connectivity index (χ4v) is 11.0. The van der Waals surface area contributed by atoms with Crippen LogP contribution in [0.5, 0.6) is 0 Å². The van der Waals surface area contributed by atoms with Crippen LogP contribution in [-0.2, 0) is 29.5 Å². The Bertz CT molecular complexity index is 1520. The molecule has 0 saturated carbocycles. The van der Waals surface area contributed by atoms with Crippen molar-refractivity contribution in [3.05, 3.63) is 78.8 Å². The third-order valence-electron chi connectivity index (χ3n) is 8.35. The smallest absolute Gasteiger partial charge is 0.434 e. The van der Waals surface area contributed by atoms with E-state index in [1.165, 1.54) is 0 Å². The molecule has 0 aliphatic carbocycles. The first-order valence-corrected chi connectivity index (χ1v) is 17.9. The van der Waals surface area contributed by atoms with Crippen molar-refractivity contribution in [1.29, 1.82) is 0 Å². The molecule has 4 atom stereocenters. The van der Waals surface area contributed by atoms with E-state index in [9.17, 15) is 18.0 Å². The van der Waals surface area contributed by atoms with E-state index in [1.54, 1.807) is 34.6 Å². The van der Waals surface area contributed by atoms with Crippen molar-refractivity contribution in [2.24, 2.45) is 0 Å². The van der Waals surface area contributed by atoms with Gasteiger partial charge in [-0.2, -0.15) is 13.2 Å². The van der Waals surface area contributed by atoms with Gasteiger partial charge in [-0.1, -0.05) is 81.4 Å². The van der Waals surface area contributed by atoms with Gasteiger partial charge in [0.2, 0.25) is 0 Å². The van der Waals surface area contributed by atoms with Gasteiger partial charge in [-0.15, -0.1) is 0 Å². The second-order valence-electron chi connectivity index (χ2n) is 14.6. The van der Waals surface area contributed by atoms with Crippen molar-refractivity contribution >= 4 is 30.6 Å². The third-order valence-corrected chi connectivity index (χ3v) is 13.4. The molecule has 5 rings (SSSR count). The first-order chi connectivity index (χ1) is 22.3. The van der Waals surface area contributed by atoms with Crippen molar-refractivity contribution in [2.45, 2.75) is 102 Å². The molecule has 2 fully saturated rings. The van der Waals surface area contributed by atoms with Crippen LogP contribution in [0.3, 0.4) is 0 Å². The number of anilines is 1. The molecule has 2 aliphatic rings. The minimum absolute atomic E-state index is 0.119. The fourth-order valence-electron chi connectivity index (χ4n) is 6.47. The largest absolute Gasteiger partial charge is 0.443 e. The maximum Gasteiger partial charge on any atom is 0.434 e. The van der Waals surface area contributed by atoms with Crippen LogP contribution in [0.2, 0.25) is 5.04 Å². The van der Waals surface area contributed by atoms with E-state index in [2.05, 4.69) is 55.0 Å². The summed E-state index contributed by atoms with van der Waals surface area (Å²) in [7, 11) is -2.96. The van der Waals surface area contributed by atoms with Crippen LogP contribution in [0.15, 0.2) is 73.1 Å². The number of fused-ring (bicyclic) bond motifs is 1. The number of aromatic nitrogens is 2. The van der Waals surface area contributed by atoms with Gasteiger partial charge in [0.15, 0.2) is 17.3 Å². The first-order valence-electron chi connectivity index (χ1n) is 16.0.